The van der Waals surface area contributed by atoms with E-state index in [2.05, 4.69) is 24.1 Å². The van der Waals surface area contributed by atoms with Crippen molar-refractivity contribution in [2.75, 3.05) is 37.7 Å². The lowest BCUT2D eigenvalue weighted by atomic mass is 10.1. The van der Waals surface area contributed by atoms with Crippen LogP contribution < -0.4 is 9.80 Å². The molecule has 1 unspecified atom stereocenters. The maximum absolute atomic E-state index is 5.37. The molecule has 1 saturated heterocycles. The molecule has 0 aromatic carbocycles. The molecule has 2 aliphatic rings. The maximum atomic E-state index is 5.37. The van der Waals surface area contributed by atoms with Gasteiger partial charge in [-0.1, -0.05) is 0 Å². The minimum atomic E-state index is 0.815. The summed E-state index contributed by atoms with van der Waals surface area (Å²) >= 11 is 0. The van der Waals surface area contributed by atoms with Gasteiger partial charge in [-0.3, -0.25) is 0 Å². The summed E-state index contributed by atoms with van der Waals surface area (Å²) in [7, 11) is 4.07. The summed E-state index contributed by atoms with van der Waals surface area (Å²) in [4.78, 5) is 8.45. The molecule has 0 amide bonds. The van der Waals surface area contributed by atoms with Gasteiger partial charge in [0.15, 0.2) is 0 Å². The van der Waals surface area contributed by atoms with E-state index in [0.29, 0.717) is 0 Å². The smallest absolute Gasteiger partial charge is 0.128 e. The van der Waals surface area contributed by atoms with Crippen LogP contribution in [0.25, 0.3) is 0 Å². The quantitative estimate of drug-likeness (QED) is 0.673. The Morgan fingerprint density at radius 1 is 1.29 bits per heavy atom. The van der Waals surface area contributed by atoms with Gasteiger partial charge in [0.2, 0.25) is 0 Å². The first-order valence-electron chi connectivity index (χ1n) is 6.31. The molecule has 4 heteroatoms. The number of pyridine rings is 1. The minimum Gasteiger partial charge on any atom is -0.464 e. The third kappa shape index (κ3) is 2.28. The largest absolute Gasteiger partial charge is 0.464 e. The van der Waals surface area contributed by atoms with Gasteiger partial charge in [0, 0.05) is 25.1 Å². The van der Waals surface area contributed by atoms with E-state index in [1.807, 2.05) is 0 Å². The highest BCUT2D eigenvalue weighted by molar-refractivity contribution is 5.42. The SMILES string of the molecule is [CH2-][NH+]1CCc2nc(N3CCOCC3)ccc2C1. The molecule has 17 heavy (non-hydrogen) atoms. The van der Waals surface area contributed by atoms with Crippen molar-refractivity contribution in [1.82, 2.24) is 4.98 Å². The molecule has 0 spiro atoms. The van der Waals surface area contributed by atoms with E-state index >= 15 is 0 Å². The molecule has 0 aliphatic carbocycles. The Morgan fingerprint density at radius 2 is 2.12 bits per heavy atom. The molecule has 1 atom stereocenters. The van der Waals surface area contributed by atoms with Crippen molar-refractivity contribution in [3.63, 3.8) is 0 Å². The summed E-state index contributed by atoms with van der Waals surface area (Å²) < 4.78 is 5.37. The van der Waals surface area contributed by atoms with Gasteiger partial charge in [-0.05, 0) is 12.1 Å². The first-order valence-corrected chi connectivity index (χ1v) is 6.31. The standard InChI is InChI=1S/C13H19N3O/c1-15-5-4-12-11(10-15)2-3-13(14-12)16-6-8-17-9-7-16/h2-3,15H,1,4-10H2. The Hall–Kier alpha value is -1.13. The van der Waals surface area contributed by atoms with Crippen LogP contribution in [0.2, 0.25) is 0 Å². The third-order valence-corrected chi connectivity index (χ3v) is 3.54. The van der Waals surface area contributed by atoms with Crippen LogP contribution >= 0.6 is 0 Å². The number of morpholine rings is 1. The first kappa shape index (κ1) is 11.0. The fourth-order valence-corrected chi connectivity index (χ4v) is 2.52. The number of hydrogen-bond donors (Lipinski definition) is 1. The van der Waals surface area contributed by atoms with Crippen molar-refractivity contribution in [3.8, 4) is 0 Å². The second kappa shape index (κ2) is 4.63. The van der Waals surface area contributed by atoms with Crippen LogP contribution in [0.1, 0.15) is 11.3 Å². The lowest BCUT2D eigenvalue weighted by molar-refractivity contribution is -0.870. The Kier molecular flexibility index (Phi) is 2.99. The fraction of sp³-hybridized carbons (Fsp3) is 0.538. The molecule has 0 bridgehead atoms. The third-order valence-electron chi connectivity index (χ3n) is 3.54. The molecule has 2 aliphatic heterocycles. The lowest BCUT2D eigenvalue weighted by Gasteiger charge is -2.31. The number of fused-ring (bicyclic) bond motifs is 1. The molecule has 3 heterocycles. The van der Waals surface area contributed by atoms with Crippen LogP contribution in [-0.2, 0) is 17.7 Å². The van der Waals surface area contributed by atoms with Crippen LogP contribution in [0, 0.1) is 7.05 Å². The van der Waals surface area contributed by atoms with Gasteiger partial charge in [0.05, 0.1) is 32.0 Å². The average molecular weight is 233 g/mol. The zero-order valence-electron chi connectivity index (χ0n) is 10.1. The molecule has 1 fully saturated rings. The molecule has 4 nitrogen and oxygen atoms in total. The zero-order valence-corrected chi connectivity index (χ0v) is 10.1. The Labute approximate surface area is 102 Å². The van der Waals surface area contributed by atoms with Gasteiger partial charge in [0.25, 0.3) is 0 Å². The zero-order chi connectivity index (χ0) is 11.7. The van der Waals surface area contributed by atoms with E-state index in [0.717, 1.165) is 51.6 Å². The fourth-order valence-electron chi connectivity index (χ4n) is 2.52. The summed E-state index contributed by atoms with van der Waals surface area (Å²) in [5.74, 6) is 1.11. The number of rotatable bonds is 1. The van der Waals surface area contributed by atoms with Gasteiger partial charge >= 0.3 is 0 Å². The van der Waals surface area contributed by atoms with Gasteiger partial charge in [-0.2, -0.15) is 7.05 Å². The molecule has 1 aromatic heterocycles. The maximum Gasteiger partial charge on any atom is 0.128 e. The molecule has 0 radical (unpaired) electrons. The Balaban J connectivity index is 1.82. The summed E-state index contributed by atoms with van der Waals surface area (Å²) in [6.07, 6.45) is 1.05. The summed E-state index contributed by atoms with van der Waals surface area (Å²) in [5, 5.41) is 0. The summed E-state index contributed by atoms with van der Waals surface area (Å²) in [6.45, 7) is 5.64. The van der Waals surface area contributed by atoms with E-state index in [4.69, 9.17) is 9.72 Å². The lowest BCUT2D eigenvalue weighted by Crippen LogP contribution is -3.06. The van der Waals surface area contributed by atoms with Crippen LogP contribution in [0.15, 0.2) is 12.1 Å². The predicted octanol–water partition coefficient (Wildman–Crippen LogP) is -0.349. The van der Waals surface area contributed by atoms with Crippen molar-refractivity contribution in [2.24, 2.45) is 0 Å². The highest BCUT2D eigenvalue weighted by atomic mass is 16.5. The van der Waals surface area contributed by atoms with Gasteiger partial charge < -0.3 is 14.5 Å². The minimum absolute atomic E-state index is 0.815. The number of nitrogens with zero attached hydrogens (tertiary/aromatic N) is 2. The monoisotopic (exact) mass is 233 g/mol. The van der Waals surface area contributed by atoms with Crippen molar-refractivity contribution >= 4 is 5.82 Å². The van der Waals surface area contributed by atoms with Crippen LogP contribution in [0.4, 0.5) is 5.82 Å². The van der Waals surface area contributed by atoms with E-state index in [1.165, 1.54) is 16.2 Å². The van der Waals surface area contributed by atoms with Crippen molar-refractivity contribution in [1.29, 1.82) is 0 Å². The second-order valence-electron chi connectivity index (χ2n) is 4.80. The number of hydrogen-bond acceptors (Lipinski definition) is 3. The number of nitrogens with one attached hydrogen (secondary N) is 1. The Morgan fingerprint density at radius 3 is 2.94 bits per heavy atom. The number of aromatic nitrogens is 1. The Bertz CT molecular complexity index is 402. The number of anilines is 1. The topological polar surface area (TPSA) is 29.8 Å². The van der Waals surface area contributed by atoms with Crippen LogP contribution in [0.3, 0.4) is 0 Å². The highest BCUT2D eigenvalue weighted by Gasteiger charge is 2.18. The van der Waals surface area contributed by atoms with Gasteiger partial charge in [-0.15, -0.1) is 0 Å². The van der Waals surface area contributed by atoms with E-state index < -0.39 is 0 Å². The molecular weight excluding hydrogens is 214 g/mol. The summed E-state index contributed by atoms with van der Waals surface area (Å²) in [5.41, 5.74) is 2.62. The number of quaternary nitrogens is 1. The molecule has 0 saturated carbocycles. The van der Waals surface area contributed by atoms with E-state index in [9.17, 15) is 0 Å². The van der Waals surface area contributed by atoms with Gasteiger partial charge in [-0.25, -0.2) is 4.98 Å². The highest BCUT2D eigenvalue weighted by Crippen LogP contribution is 2.17. The molecule has 1 aromatic rings. The molecule has 1 N–H and O–H groups in total. The van der Waals surface area contributed by atoms with Crippen molar-refractivity contribution < 1.29 is 9.64 Å². The van der Waals surface area contributed by atoms with E-state index in [1.54, 1.807) is 0 Å². The van der Waals surface area contributed by atoms with E-state index in [-0.39, 0.29) is 0 Å². The van der Waals surface area contributed by atoms with Gasteiger partial charge in [0.1, 0.15) is 5.82 Å². The average Bonchev–Trinajstić information content (AvgIpc) is 2.39. The van der Waals surface area contributed by atoms with Crippen molar-refractivity contribution in [3.05, 3.63) is 30.4 Å². The first-order chi connectivity index (χ1) is 8.33. The second-order valence-corrected chi connectivity index (χ2v) is 4.80. The normalized spacial score (nSPS) is 24.5. The molecule has 3 rings (SSSR count). The van der Waals surface area contributed by atoms with Crippen LogP contribution in [0.5, 0.6) is 0 Å². The molecule has 92 valence electrons. The summed E-state index contributed by atoms with van der Waals surface area (Å²) in [6, 6.07) is 4.36. The van der Waals surface area contributed by atoms with Crippen molar-refractivity contribution in [2.45, 2.75) is 13.0 Å². The van der Waals surface area contributed by atoms with Crippen LogP contribution in [-0.4, -0.2) is 37.8 Å². The molecular formula is C13H19N3O. The predicted molar refractivity (Wildman–Crippen MR) is 65.9 cm³/mol. The number of ether oxygens (including phenoxy) is 1.